The maximum atomic E-state index is 11.8. The zero-order valence-corrected chi connectivity index (χ0v) is 10.6. The SMILES string of the molecule is CCOC1CC(NCCOCC(F)(F)F)C1OC. The van der Waals surface area contributed by atoms with Gasteiger partial charge in [-0.1, -0.05) is 0 Å². The van der Waals surface area contributed by atoms with Crippen molar-refractivity contribution < 1.29 is 27.4 Å². The smallest absolute Gasteiger partial charge is 0.377 e. The first-order valence-corrected chi connectivity index (χ1v) is 6.00. The predicted molar refractivity (Wildman–Crippen MR) is 59.5 cm³/mol. The zero-order valence-electron chi connectivity index (χ0n) is 10.6. The van der Waals surface area contributed by atoms with Gasteiger partial charge in [0.25, 0.3) is 0 Å². The second-order valence-electron chi connectivity index (χ2n) is 4.16. The highest BCUT2D eigenvalue weighted by atomic mass is 19.4. The molecule has 1 N–H and O–H groups in total. The van der Waals surface area contributed by atoms with Gasteiger partial charge in [0, 0.05) is 26.3 Å². The molecule has 1 aliphatic carbocycles. The van der Waals surface area contributed by atoms with Crippen LogP contribution < -0.4 is 5.32 Å². The Morgan fingerprint density at radius 1 is 1.33 bits per heavy atom. The summed E-state index contributed by atoms with van der Waals surface area (Å²) in [4.78, 5) is 0. The van der Waals surface area contributed by atoms with E-state index >= 15 is 0 Å². The van der Waals surface area contributed by atoms with Gasteiger partial charge in [-0.05, 0) is 13.3 Å². The van der Waals surface area contributed by atoms with E-state index in [1.54, 1.807) is 7.11 Å². The fourth-order valence-corrected chi connectivity index (χ4v) is 1.98. The third-order valence-corrected chi connectivity index (χ3v) is 2.82. The molecule has 0 aromatic heterocycles. The van der Waals surface area contributed by atoms with Crippen molar-refractivity contribution in [2.24, 2.45) is 0 Å². The number of hydrogen-bond donors (Lipinski definition) is 1. The van der Waals surface area contributed by atoms with Gasteiger partial charge in [-0.15, -0.1) is 0 Å². The van der Waals surface area contributed by atoms with Crippen molar-refractivity contribution in [1.29, 1.82) is 0 Å². The highest BCUT2D eigenvalue weighted by Gasteiger charge is 2.41. The molecule has 0 radical (unpaired) electrons. The summed E-state index contributed by atoms with van der Waals surface area (Å²) in [5.41, 5.74) is 0. The Kier molecular flexibility index (Phi) is 6.34. The summed E-state index contributed by atoms with van der Waals surface area (Å²) >= 11 is 0. The summed E-state index contributed by atoms with van der Waals surface area (Å²) in [5, 5.41) is 3.10. The van der Waals surface area contributed by atoms with E-state index in [9.17, 15) is 13.2 Å². The number of rotatable bonds is 8. The van der Waals surface area contributed by atoms with Crippen LogP contribution in [0.5, 0.6) is 0 Å². The van der Waals surface area contributed by atoms with Crippen LogP contribution in [-0.4, -0.2) is 57.9 Å². The van der Waals surface area contributed by atoms with Crippen molar-refractivity contribution in [2.45, 2.75) is 37.8 Å². The summed E-state index contributed by atoms with van der Waals surface area (Å²) in [6, 6.07) is 0.126. The van der Waals surface area contributed by atoms with Gasteiger partial charge in [0.2, 0.25) is 0 Å². The molecule has 7 heteroatoms. The molecule has 0 aliphatic heterocycles. The lowest BCUT2D eigenvalue weighted by atomic mass is 9.85. The largest absolute Gasteiger partial charge is 0.411 e. The zero-order chi connectivity index (χ0) is 13.6. The Labute approximate surface area is 105 Å². The van der Waals surface area contributed by atoms with Gasteiger partial charge in [-0.2, -0.15) is 13.2 Å². The Morgan fingerprint density at radius 3 is 2.61 bits per heavy atom. The Bertz CT molecular complexity index is 238. The fraction of sp³-hybridized carbons (Fsp3) is 1.00. The molecule has 0 heterocycles. The lowest BCUT2D eigenvalue weighted by Gasteiger charge is -2.43. The molecule has 0 bridgehead atoms. The van der Waals surface area contributed by atoms with Crippen LogP contribution >= 0.6 is 0 Å². The van der Waals surface area contributed by atoms with Crippen molar-refractivity contribution >= 4 is 0 Å². The standard InChI is InChI=1S/C11H20F3NO3/c1-3-18-9-6-8(10(9)16-2)15-4-5-17-7-11(12,13)14/h8-10,15H,3-7H2,1-2H3. The Balaban J connectivity index is 2.06. The maximum absolute atomic E-state index is 11.8. The predicted octanol–water partition coefficient (Wildman–Crippen LogP) is 1.35. The summed E-state index contributed by atoms with van der Waals surface area (Å²) in [6.07, 6.45) is -3.40. The van der Waals surface area contributed by atoms with Crippen molar-refractivity contribution in [3.8, 4) is 0 Å². The molecule has 4 nitrogen and oxygen atoms in total. The highest BCUT2D eigenvalue weighted by Crippen LogP contribution is 2.26. The van der Waals surface area contributed by atoms with E-state index in [1.165, 1.54) is 0 Å². The van der Waals surface area contributed by atoms with E-state index in [0.717, 1.165) is 6.42 Å². The first-order chi connectivity index (χ1) is 8.48. The van der Waals surface area contributed by atoms with Crippen LogP contribution in [0, 0.1) is 0 Å². The van der Waals surface area contributed by atoms with E-state index in [1.807, 2.05) is 6.92 Å². The minimum Gasteiger partial charge on any atom is -0.377 e. The highest BCUT2D eigenvalue weighted by molar-refractivity contribution is 4.96. The number of nitrogens with one attached hydrogen (secondary N) is 1. The first-order valence-electron chi connectivity index (χ1n) is 6.00. The Hall–Kier alpha value is -0.370. The van der Waals surface area contributed by atoms with Crippen molar-refractivity contribution in [1.82, 2.24) is 5.32 Å². The molecule has 0 amide bonds. The van der Waals surface area contributed by atoms with Gasteiger partial charge < -0.3 is 19.5 Å². The molecule has 1 aliphatic rings. The first kappa shape index (κ1) is 15.7. The van der Waals surface area contributed by atoms with E-state index in [0.29, 0.717) is 13.2 Å². The third-order valence-electron chi connectivity index (χ3n) is 2.82. The normalized spacial score (nSPS) is 28.2. The lowest BCUT2D eigenvalue weighted by Crippen LogP contribution is -2.60. The quantitative estimate of drug-likeness (QED) is 0.676. The van der Waals surface area contributed by atoms with Gasteiger partial charge in [-0.25, -0.2) is 0 Å². The molecule has 1 rings (SSSR count). The molecule has 1 saturated carbocycles. The molecule has 3 atom stereocenters. The molecule has 0 aromatic rings. The average Bonchev–Trinajstić information content (AvgIpc) is 2.24. The molecule has 18 heavy (non-hydrogen) atoms. The van der Waals surface area contributed by atoms with Gasteiger partial charge in [0.1, 0.15) is 6.61 Å². The number of hydrogen-bond acceptors (Lipinski definition) is 4. The summed E-state index contributed by atoms with van der Waals surface area (Å²) in [5.74, 6) is 0. The summed E-state index contributed by atoms with van der Waals surface area (Å²) in [6.45, 7) is 1.75. The molecule has 3 unspecified atom stereocenters. The van der Waals surface area contributed by atoms with Crippen LogP contribution in [0.25, 0.3) is 0 Å². The number of halogens is 3. The minimum atomic E-state index is -4.26. The third kappa shape index (κ3) is 5.09. The van der Waals surface area contributed by atoms with Crippen LogP contribution in [-0.2, 0) is 14.2 Å². The summed E-state index contributed by atoms with van der Waals surface area (Å²) in [7, 11) is 1.60. The molecular formula is C11H20F3NO3. The second kappa shape index (κ2) is 7.28. The maximum Gasteiger partial charge on any atom is 0.411 e. The van der Waals surface area contributed by atoms with Gasteiger partial charge in [0.15, 0.2) is 0 Å². The van der Waals surface area contributed by atoms with Crippen LogP contribution in [0.15, 0.2) is 0 Å². The van der Waals surface area contributed by atoms with E-state index in [-0.39, 0.29) is 24.9 Å². The topological polar surface area (TPSA) is 39.7 Å². The molecule has 0 aromatic carbocycles. The Morgan fingerprint density at radius 2 is 2.06 bits per heavy atom. The van der Waals surface area contributed by atoms with Gasteiger partial charge >= 0.3 is 6.18 Å². The van der Waals surface area contributed by atoms with Crippen molar-refractivity contribution in [3.05, 3.63) is 0 Å². The van der Waals surface area contributed by atoms with Gasteiger partial charge in [0.05, 0.1) is 18.8 Å². The van der Waals surface area contributed by atoms with E-state index in [2.05, 4.69) is 10.1 Å². The monoisotopic (exact) mass is 271 g/mol. The van der Waals surface area contributed by atoms with Crippen molar-refractivity contribution in [2.75, 3.05) is 33.5 Å². The van der Waals surface area contributed by atoms with E-state index < -0.39 is 12.8 Å². The molecule has 1 fully saturated rings. The van der Waals surface area contributed by atoms with Crippen LogP contribution in [0.2, 0.25) is 0 Å². The minimum absolute atomic E-state index is 0.0335. The fourth-order valence-electron chi connectivity index (χ4n) is 1.98. The average molecular weight is 271 g/mol. The lowest BCUT2D eigenvalue weighted by molar-refractivity contribution is -0.174. The number of ether oxygens (including phenoxy) is 3. The molecule has 0 spiro atoms. The van der Waals surface area contributed by atoms with Crippen LogP contribution in [0.1, 0.15) is 13.3 Å². The van der Waals surface area contributed by atoms with Crippen molar-refractivity contribution in [3.63, 3.8) is 0 Å². The summed E-state index contributed by atoms with van der Waals surface area (Å²) < 4.78 is 50.6. The number of alkyl halides is 3. The van der Waals surface area contributed by atoms with Gasteiger partial charge in [-0.3, -0.25) is 0 Å². The number of methoxy groups -OCH3 is 1. The molecule has 108 valence electrons. The second-order valence-corrected chi connectivity index (χ2v) is 4.16. The van der Waals surface area contributed by atoms with Crippen LogP contribution in [0.3, 0.4) is 0 Å². The van der Waals surface area contributed by atoms with Crippen LogP contribution in [0.4, 0.5) is 13.2 Å². The molecule has 0 saturated heterocycles. The van der Waals surface area contributed by atoms with E-state index in [4.69, 9.17) is 9.47 Å². The molecular weight excluding hydrogens is 251 g/mol.